The molecule has 18 heavy (non-hydrogen) atoms. The lowest BCUT2D eigenvalue weighted by Gasteiger charge is -2.23. The second-order valence-corrected chi connectivity index (χ2v) is 5.37. The van der Waals surface area contributed by atoms with Crippen molar-refractivity contribution < 1.29 is 9.90 Å². The van der Waals surface area contributed by atoms with E-state index in [9.17, 15) is 9.90 Å². The summed E-state index contributed by atoms with van der Waals surface area (Å²) in [5, 5.41) is 9.18. The Hall–Kier alpha value is -1.35. The summed E-state index contributed by atoms with van der Waals surface area (Å²) in [6, 6.07) is 8.32. The van der Waals surface area contributed by atoms with Gasteiger partial charge in [-0.1, -0.05) is 43.7 Å². The molecule has 3 nitrogen and oxygen atoms in total. The molecule has 0 aliphatic carbocycles. The molecule has 0 fully saturated rings. The molecule has 3 heteroatoms. The Balaban J connectivity index is 2.60. The van der Waals surface area contributed by atoms with Crippen LogP contribution in [0.4, 0.5) is 0 Å². The molecular weight excluding hydrogens is 226 g/mol. The first-order valence-corrected chi connectivity index (χ1v) is 6.37. The quantitative estimate of drug-likeness (QED) is 0.842. The third kappa shape index (κ3) is 4.49. The van der Waals surface area contributed by atoms with Crippen LogP contribution in [0.15, 0.2) is 24.3 Å². The van der Waals surface area contributed by atoms with Gasteiger partial charge in [0.2, 0.25) is 0 Å². The predicted octanol–water partition coefficient (Wildman–Crippen LogP) is 2.78. The fraction of sp³-hybridized carbons (Fsp3) is 0.533. The number of rotatable bonds is 6. The Morgan fingerprint density at radius 2 is 2.06 bits per heavy atom. The van der Waals surface area contributed by atoms with E-state index in [4.69, 9.17) is 0 Å². The molecule has 0 saturated carbocycles. The van der Waals surface area contributed by atoms with Gasteiger partial charge in [-0.25, -0.2) is 0 Å². The summed E-state index contributed by atoms with van der Waals surface area (Å²) in [5.74, 6) is -0.858. The van der Waals surface area contributed by atoms with Crippen LogP contribution in [0.5, 0.6) is 0 Å². The topological polar surface area (TPSA) is 40.5 Å². The summed E-state index contributed by atoms with van der Waals surface area (Å²) < 4.78 is 0. The Kier molecular flexibility index (Phi) is 5.35. The van der Waals surface area contributed by atoms with E-state index in [2.05, 4.69) is 30.0 Å². The minimum absolute atomic E-state index is 0.155. The van der Waals surface area contributed by atoms with Crippen molar-refractivity contribution >= 4 is 5.97 Å². The number of carbonyl (C=O) groups is 1. The van der Waals surface area contributed by atoms with Gasteiger partial charge < -0.3 is 10.0 Å². The lowest BCUT2D eigenvalue weighted by molar-refractivity contribution is -0.144. The van der Waals surface area contributed by atoms with Crippen molar-refractivity contribution in [2.75, 3.05) is 13.6 Å². The number of carboxylic acids is 1. The van der Waals surface area contributed by atoms with E-state index in [1.54, 1.807) is 0 Å². The van der Waals surface area contributed by atoms with E-state index in [-0.39, 0.29) is 11.8 Å². The lowest BCUT2D eigenvalue weighted by atomic mass is 9.95. The molecule has 100 valence electrons. The second-order valence-electron chi connectivity index (χ2n) is 5.37. The summed E-state index contributed by atoms with van der Waals surface area (Å²) in [6.07, 6.45) is 0. The van der Waals surface area contributed by atoms with Crippen LogP contribution < -0.4 is 0 Å². The smallest absolute Gasteiger partial charge is 0.308 e. The Bertz CT molecular complexity index is 401. The fourth-order valence-electron chi connectivity index (χ4n) is 2.10. The maximum Gasteiger partial charge on any atom is 0.308 e. The van der Waals surface area contributed by atoms with E-state index >= 15 is 0 Å². The van der Waals surface area contributed by atoms with Gasteiger partial charge in [-0.3, -0.25) is 4.79 Å². The van der Waals surface area contributed by atoms with Gasteiger partial charge in [0.15, 0.2) is 0 Å². The number of aryl methyl sites for hydroxylation is 1. The van der Waals surface area contributed by atoms with Crippen LogP contribution in [0, 0.1) is 18.8 Å². The van der Waals surface area contributed by atoms with Crippen molar-refractivity contribution in [2.24, 2.45) is 11.8 Å². The van der Waals surface area contributed by atoms with Crippen LogP contribution in [0.1, 0.15) is 25.0 Å². The summed E-state index contributed by atoms with van der Waals surface area (Å²) in [4.78, 5) is 13.2. The third-order valence-electron chi connectivity index (χ3n) is 3.17. The van der Waals surface area contributed by atoms with E-state index in [1.807, 2.05) is 27.0 Å². The SMILES string of the molecule is Cc1cccc(CN(C)CC(C(=O)O)C(C)C)c1. The summed E-state index contributed by atoms with van der Waals surface area (Å²) in [5.41, 5.74) is 2.46. The molecule has 0 bridgehead atoms. The maximum absolute atomic E-state index is 11.2. The Morgan fingerprint density at radius 3 is 2.56 bits per heavy atom. The molecule has 1 unspecified atom stereocenters. The summed E-state index contributed by atoms with van der Waals surface area (Å²) in [7, 11) is 1.97. The van der Waals surface area contributed by atoms with Crippen LogP contribution in [-0.2, 0) is 11.3 Å². The number of hydrogen-bond acceptors (Lipinski definition) is 2. The van der Waals surface area contributed by atoms with Crippen molar-refractivity contribution in [3.8, 4) is 0 Å². The first kappa shape index (κ1) is 14.7. The lowest BCUT2D eigenvalue weighted by Crippen LogP contribution is -2.33. The molecule has 0 heterocycles. The first-order chi connectivity index (χ1) is 8.40. The monoisotopic (exact) mass is 249 g/mol. The average Bonchev–Trinajstić information content (AvgIpc) is 2.25. The highest BCUT2D eigenvalue weighted by Gasteiger charge is 2.22. The largest absolute Gasteiger partial charge is 0.481 e. The normalized spacial score (nSPS) is 13.0. The van der Waals surface area contributed by atoms with Crippen molar-refractivity contribution in [1.29, 1.82) is 0 Å². The molecule has 0 amide bonds. The van der Waals surface area contributed by atoms with Gasteiger partial charge in [0.05, 0.1) is 5.92 Å². The average molecular weight is 249 g/mol. The van der Waals surface area contributed by atoms with Crippen molar-refractivity contribution in [1.82, 2.24) is 4.90 Å². The minimum atomic E-state index is -0.707. The molecule has 0 aromatic heterocycles. The van der Waals surface area contributed by atoms with Gasteiger partial charge in [0.1, 0.15) is 0 Å². The highest BCUT2D eigenvalue weighted by atomic mass is 16.4. The number of nitrogens with zero attached hydrogens (tertiary/aromatic N) is 1. The number of carboxylic acid groups (broad SMARTS) is 1. The molecule has 1 aromatic carbocycles. The first-order valence-electron chi connectivity index (χ1n) is 6.37. The van der Waals surface area contributed by atoms with E-state index in [0.717, 1.165) is 6.54 Å². The molecule has 0 spiro atoms. The van der Waals surface area contributed by atoms with Crippen LogP contribution in [-0.4, -0.2) is 29.6 Å². The minimum Gasteiger partial charge on any atom is -0.481 e. The highest BCUT2D eigenvalue weighted by Crippen LogP contribution is 2.14. The van der Waals surface area contributed by atoms with E-state index in [1.165, 1.54) is 11.1 Å². The molecule has 1 atom stereocenters. The van der Waals surface area contributed by atoms with Gasteiger partial charge in [-0.05, 0) is 25.5 Å². The van der Waals surface area contributed by atoms with Crippen molar-refractivity contribution in [2.45, 2.75) is 27.3 Å². The Labute approximate surface area is 109 Å². The zero-order valence-corrected chi connectivity index (χ0v) is 11.7. The standard InChI is InChI=1S/C15H23NO2/c1-11(2)14(15(17)18)10-16(4)9-13-7-5-6-12(3)8-13/h5-8,11,14H,9-10H2,1-4H3,(H,17,18). The van der Waals surface area contributed by atoms with Crippen LogP contribution >= 0.6 is 0 Å². The van der Waals surface area contributed by atoms with Gasteiger partial charge in [-0.15, -0.1) is 0 Å². The zero-order valence-electron chi connectivity index (χ0n) is 11.7. The Morgan fingerprint density at radius 1 is 1.39 bits per heavy atom. The molecule has 0 aliphatic heterocycles. The maximum atomic E-state index is 11.2. The van der Waals surface area contributed by atoms with Gasteiger partial charge in [0.25, 0.3) is 0 Å². The zero-order chi connectivity index (χ0) is 13.7. The fourth-order valence-corrected chi connectivity index (χ4v) is 2.10. The number of hydrogen-bond donors (Lipinski definition) is 1. The van der Waals surface area contributed by atoms with Crippen LogP contribution in [0.25, 0.3) is 0 Å². The van der Waals surface area contributed by atoms with Gasteiger partial charge >= 0.3 is 5.97 Å². The third-order valence-corrected chi connectivity index (χ3v) is 3.17. The van der Waals surface area contributed by atoms with E-state index < -0.39 is 5.97 Å². The molecule has 0 aliphatic rings. The van der Waals surface area contributed by atoms with Crippen molar-refractivity contribution in [3.05, 3.63) is 35.4 Å². The number of aliphatic carboxylic acids is 1. The van der Waals surface area contributed by atoms with Crippen LogP contribution in [0.2, 0.25) is 0 Å². The second kappa shape index (κ2) is 6.55. The molecule has 1 rings (SSSR count). The molecule has 1 N–H and O–H groups in total. The summed E-state index contributed by atoms with van der Waals surface area (Å²) >= 11 is 0. The summed E-state index contributed by atoms with van der Waals surface area (Å²) in [6.45, 7) is 7.36. The molecular formula is C15H23NO2. The van der Waals surface area contributed by atoms with Crippen LogP contribution in [0.3, 0.4) is 0 Å². The van der Waals surface area contributed by atoms with Gasteiger partial charge in [0, 0.05) is 13.1 Å². The number of benzene rings is 1. The van der Waals surface area contributed by atoms with Crippen molar-refractivity contribution in [3.63, 3.8) is 0 Å². The molecule has 0 saturated heterocycles. The molecule has 1 aromatic rings. The predicted molar refractivity (Wildman–Crippen MR) is 73.5 cm³/mol. The van der Waals surface area contributed by atoms with Gasteiger partial charge in [-0.2, -0.15) is 0 Å². The van der Waals surface area contributed by atoms with E-state index in [0.29, 0.717) is 6.54 Å². The molecule has 0 radical (unpaired) electrons. The highest BCUT2D eigenvalue weighted by molar-refractivity contribution is 5.70.